The van der Waals surface area contributed by atoms with Crippen LogP contribution in [0, 0.1) is 5.41 Å². The van der Waals surface area contributed by atoms with E-state index >= 15 is 0 Å². The number of hydrogen-bond acceptors (Lipinski definition) is 7. The second-order valence-electron chi connectivity index (χ2n) is 7.77. The number of aliphatic hydroxyl groups is 3. The Bertz CT molecular complexity index is 598. The van der Waals surface area contributed by atoms with Gasteiger partial charge in [0, 0.05) is 0 Å². The highest BCUT2D eigenvalue weighted by Gasteiger charge is 2.56. The molecule has 0 spiro atoms. The summed E-state index contributed by atoms with van der Waals surface area (Å²) in [5.74, 6) is -0.470. The number of carbonyl (C=O) groups is 1. The van der Waals surface area contributed by atoms with Gasteiger partial charge in [-0.1, -0.05) is 30.3 Å². The summed E-state index contributed by atoms with van der Waals surface area (Å²) in [7, 11) is 0. The van der Waals surface area contributed by atoms with Gasteiger partial charge >= 0.3 is 5.97 Å². The molecule has 2 rings (SSSR count). The van der Waals surface area contributed by atoms with Crippen LogP contribution in [0.3, 0.4) is 0 Å². The average molecular weight is 368 g/mol. The Morgan fingerprint density at radius 1 is 1.27 bits per heavy atom. The molecule has 1 aliphatic heterocycles. The molecule has 1 heterocycles. The van der Waals surface area contributed by atoms with E-state index in [0.717, 1.165) is 5.56 Å². The van der Waals surface area contributed by atoms with E-state index in [1.165, 1.54) is 0 Å². The molecular formula is C19H28O7. The third-order valence-corrected chi connectivity index (χ3v) is 4.45. The lowest BCUT2D eigenvalue weighted by atomic mass is 9.91. The van der Waals surface area contributed by atoms with Crippen molar-refractivity contribution in [1.82, 2.24) is 0 Å². The SMILES string of the molecule is CC(C)(C)C(=O)OC[C@@H](O)[C@H]1OC(O)[C@H](O)[C@]1(C)OCc1ccccc1. The van der Waals surface area contributed by atoms with Crippen LogP contribution in [0.25, 0.3) is 0 Å². The molecule has 0 bridgehead atoms. The molecule has 0 aliphatic carbocycles. The maximum Gasteiger partial charge on any atom is 0.311 e. The van der Waals surface area contributed by atoms with Gasteiger partial charge in [0.25, 0.3) is 0 Å². The predicted octanol–water partition coefficient (Wildman–Crippen LogP) is 0.990. The lowest BCUT2D eigenvalue weighted by Gasteiger charge is -2.34. The number of benzene rings is 1. The summed E-state index contributed by atoms with van der Waals surface area (Å²) in [5, 5.41) is 30.6. The van der Waals surface area contributed by atoms with Crippen molar-refractivity contribution in [3.8, 4) is 0 Å². The smallest absolute Gasteiger partial charge is 0.311 e. The van der Waals surface area contributed by atoms with Crippen LogP contribution in [-0.4, -0.2) is 58.1 Å². The van der Waals surface area contributed by atoms with Gasteiger partial charge in [0.05, 0.1) is 12.0 Å². The highest BCUT2D eigenvalue weighted by atomic mass is 16.7. The van der Waals surface area contributed by atoms with Crippen LogP contribution in [0.2, 0.25) is 0 Å². The number of ether oxygens (including phenoxy) is 3. The molecule has 0 aromatic heterocycles. The van der Waals surface area contributed by atoms with Gasteiger partial charge < -0.3 is 29.5 Å². The van der Waals surface area contributed by atoms with Gasteiger partial charge in [-0.2, -0.15) is 0 Å². The van der Waals surface area contributed by atoms with Crippen LogP contribution in [-0.2, 0) is 25.6 Å². The number of carbonyl (C=O) groups excluding carboxylic acids is 1. The van der Waals surface area contributed by atoms with E-state index in [1.807, 2.05) is 30.3 Å². The number of aliphatic hydroxyl groups excluding tert-OH is 3. The van der Waals surface area contributed by atoms with Crippen LogP contribution >= 0.6 is 0 Å². The van der Waals surface area contributed by atoms with Crippen LogP contribution in [0.1, 0.15) is 33.3 Å². The Labute approximate surface area is 153 Å². The van der Waals surface area contributed by atoms with Crippen molar-refractivity contribution in [2.24, 2.45) is 5.41 Å². The minimum Gasteiger partial charge on any atom is -0.462 e. The van der Waals surface area contributed by atoms with Crippen molar-refractivity contribution in [3.63, 3.8) is 0 Å². The first-order chi connectivity index (χ1) is 12.1. The Morgan fingerprint density at radius 3 is 2.46 bits per heavy atom. The maximum atomic E-state index is 11.9. The second-order valence-corrected chi connectivity index (χ2v) is 7.77. The molecule has 1 fully saturated rings. The van der Waals surface area contributed by atoms with Crippen molar-refractivity contribution in [2.75, 3.05) is 6.61 Å². The standard InChI is InChI=1S/C19H28O7/c1-18(2,3)17(23)24-11-13(20)15-19(4,14(21)16(22)26-15)25-10-12-8-6-5-7-9-12/h5-9,13-16,20-22H,10-11H2,1-4H3/t13-,14+,15-,16?,19+/m1/s1. The largest absolute Gasteiger partial charge is 0.462 e. The summed E-state index contributed by atoms with van der Waals surface area (Å²) in [6.07, 6.45) is -5.20. The molecule has 7 heteroatoms. The summed E-state index contributed by atoms with van der Waals surface area (Å²) in [4.78, 5) is 11.9. The third-order valence-electron chi connectivity index (χ3n) is 4.45. The van der Waals surface area contributed by atoms with Gasteiger partial charge in [0.15, 0.2) is 6.29 Å². The van der Waals surface area contributed by atoms with Gasteiger partial charge in [-0.3, -0.25) is 4.79 Å². The summed E-state index contributed by atoms with van der Waals surface area (Å²) in [6.45, 7) is 6.49. The first kappa shape index (κ1) is 20.8. The van der Waals surface area contributed by atoms with Crippen LogP contribution < -0.4 is 0 Å². The highest BCUT2D eigenvalue weighted by molar-refractivity contribution is 5.75. The van der Waals surface area contributed by atoms with Crippen LogP contribution in [0.5, 0.6) is 0 Å². The van der Waals surface area contributed by atoms with Crippen molar-refractivity contribution in [3.05, 3.63) is 35.9 Å². The van der Waals surface area contributed by atoms with Gasteiger partial charge in [-0.15, -0.1) is 0 Å². The maximum absolute atomic E-state index is 11.9. The molecule has 1 saturated heterocycles. The molecule has 0 amide bonds. The lowest BCUT2D eigenvalue weighted by molar-refractivity contribution is -0.178. The molecule has 1 aliphatic rings. The van der Waals surface area contributed by atoms with E-state index in [4.69, 9.17) is 14.2 Å². The molecular weight excluding hydrogens is 340 g/mol. The van der Waals surface area contributed by atoms with E-state index in [0.29, 0.717) is 0 Å². The molecule has 1 aromatic rings. The van der Waals surface area contributed by atoms with Crippen LogP contribution in [0.15, 0.2) is 30.3 Å². The molecule has 1 aromatic carbocycles. The number of hydrogen-bond donors (Lipinski definition) is 3. The van der Waals surface area contributed by atoms with E-state index in [9.17, 15) is 20.1 Å². The topological polar surface area (TPSA) is 105 Å². The molecule has 5 atom stereocenters. The highest BCUT2D eigenvalue weighted by Crippen LogP contribution is 2.36. The van der Waals surface area contributed by atoms with Gasteiger partial charge in [-0.25, -0.2) is 0 Å². The molecule has 26 heavy (non-hydrogen) atoms. The summed E-state index contributed by atoms with van der Waals surface area (Å²) >= 11 is 0. The quantitative estimate of drug-likeness (QED) is 0.643. The van der Waals surface area contributed by atoms with Gasteiger partial charge in [-0.05, 0) is 33.3 Å². The fraction of sp³-hybridized carbons (Fsp3) is 0.632. The monoisotopic (exact) mass is 368 g/mol. The minimum absolute atomic E-state index is 0.162. The van der Waals surface area contributed by atoms with Gasteiger partial charge in [0.1, 0.15) is 30.5 Å². The third kappa shape index (κ3) is 4.61. The van der Waals surface area contributed by atoms with E-state index < -0.39 is 41.6 Å². The molecule has 146 valence electrons. The molecule has 3 N–H and O–H groups in total. The Morgan fingerprint density at radius 2 is 1.88 bits per heavy atom. The zero-order valence-corrected chi connectivity index (χ0v) is 15.6. The zero-order valence-electron chi connectivity index (χ0n) is 15.6. The first-order valence-electron chi connectivity index (χ1n) is 8.60. The fourth-order valence-electron chi connectivity index (χ4n) is 2.73. The molecule has 7 nitrogen and oxygen atoms in total. The van der Waals surface area contributed by atoms with E-state index in [2.05, 4.69) is 0 Å². The zero-order chi connectivity index (χ0) is 19.5. The first-order valence-corrected chi connectivity index (χ1v) is 8.60. The Balaban J connectivity index is 2.05. The Hall–Kier alpha value is -1.51. The molecule has 0 saturated carbocycles. The normalized spacial score (nSPS) is 30.2. The summed E-state index contributed by atoms with van der Waals surface area (Å²) < 4.78 is 16.2. The molecule has 0 radical (unpaired) electrons. The second kappa shape index (κ2) is 8.02. The van der Waals surface area contributed by atoms with Crippen molar-refractivity contribution < 1.29 is 34.3 Å². The fourth-order valence-corrected chi connectivity index (χ4v) is 2.73. The average Bonchev–Trinajstić information content (AvgIpc) is 2.82. The Kier molecular flexibility index (Phi) is 6.42. The van der Waals surface area contributed by atoms with Gasteiger partial charge in [0.2, 0.25) is 0 Å². The lowest BCUT2D eigenvalue weighted by Crippen LogP contribution is -2.53. The van der Waals surface area contributed by atoms with Crippen molar-refractivity contribution in [1.29, 1.82) is 0 Å². The van der Waals surface area contributed by atoms with Crippen molar-refractivity contribution in [2.45, 2.75) is 64.5 Å². The molecule has 1 unspecified atom stereocenters. The summed E-state index contributed by atoms with van der Waals surface area (Å²) in [5.41, 5.74) is -1.21. The van der Waals surface area contributed by atoms with Crippen molar-refractivity contribution >= 4 is 5.97 Å². The van der Waals surface area contributed by atoms with E-state index in [1.54, 1.807) is 27.7 Å². The minimum atomic E-state index is -1.51. The van der Waals surface area contributed by atoms with E-state index in [-0.39, 0.29) is 13.2 Å². The number of rotatable bonds is 6. The number of esters is 1. The predicted molar refractivity (Wildman–Crippen MR) is 92.9 cm³/mol. The van der Waals surface area contributed by atoms with Crippen LogP contribution in [0.4, 0.5) is 0 Å². The summed E-state index contributed by atoms with van der Waals surface area (Å²) in [6, 6.07) is 9.31.